The number of nitrogens with zero attached hydrogens (tertiary/aromatic N) is 3. The van der Waals surface area contributed by atoms with Crippen molar-refractivity contribution in [2.75, 3.05) is 6.61 Å². The molecule has 0 fully saturated rings. The van der Waals surface area contributed by atoms with Crippen molar-refractivity contribution in [3.05, 3.63) is 123 Å². The summed E-state index contributed by atoms with van der Waals surface area (Å²) >= 11 is 0. The number of ether oxygens (including phenoxy) is 2. The largest absolute Gasteiger partial charge is 0.461 e. The maximum Gasteiger partial charge on any atom is 0.354 e. The number of benzene rings is 3. The zero-order valence-corrected chi connectivity index (χ0v) is 21.4. The molecule has 0 radical (unpaired) electrons. The van der Waals surface area contributed by atoms with E-state index in [-0.39, 0.29) is 35.6 Å². The minimum absolute atomic E-state index is 0.137. The molecular formula is C30H25N3O6. The second kappa shape index (κ2) is 10.7. The Kier molecular flexibility index (Phi) is 6.96. The Hall–Kier alpha value is -5.18. The van der Waals surface area contributed by atoms with Gasteiger partial charge in [-0.05, 0) is 36.8 Å². The number of aryl methyl sites for hydroxylation is 1. The Labute approximate surface area is 223 Å². The lowest BCUT2D eigenvalue weighted by molar-refractivity contribution is -0.384. The second-order valence-electron chi connectivity index (χ2n) is 8.90. The molecule has 0 bridgehead atoms. The molecule has 0 aliphatic carbocycles. The molecule has 196 valence electrons. The molecule has 9 nitrogen and oxygen atoms in total. The number of hydrogen-bond acceptors (Lipinski definition) is 6. The molecule has 0 atom stereocenters. The maximum absolute atomic E-state index is 13.5. The van der Waals surface area contributed by atoms with Crippen LogP contribution in [0.15, 0.2) is 95.9 Å². The summed E-state index contributed by atoms with van der Waals surface area (Å²) < 4.78 is 14.5. The summed E-state index contributed by atoms with van der Waals surface area (Å²) in [5.41, 5.74) is 1.81. The number of rotatable bonds is 8. The van der Waals surface area contributed by atoms with Crippen molar-refractivity contribution in [2.24, 2.45) is 7.05 Å². The number of aromatic nitrogens is 2. The van der Waals surface area contributed by atoms with Crippen molar-refractivity contribution >= 4 is 22.6 Å². The Morgan fingerprint density at radius 2 is 1.64 bits per heavy atom. The highest BCUT2D eigenvalue weighted by atomic mass is 16.6. The zero-order chi connectivity index (χ0) is 27.5. The second-order valence-corrected chi connectivity index (χ2v) is 8.90. The van der Waals surface area contributed by atoms with Gasteiger partial charge in [0.1, 0.15) is 22.7 Å². The number of hydrogen-bond donors (Lipinski definition) is 0. The molecular weight excluding hydrogens is 498 g/mol. The Bertz CT molecular complexity index is 1740. The number of nitro benzene ring substituents is 1. The minimum atomic E-state index is -0.572. The van der Waals surface area contributed by atoms with Crippen molar-refractivity contribution in [2.45, 2.75) is 13.5 Å². The van der Waals surface area contributed by atoms with Crippen LogP contribution in [0.1, 0.15) is 23.0 Å². The first-order chi connectivity index (χ1) is 18.9. The van der Waals surface area contributed by atoms with Gasteiger partial charge in [-0.3, -0.25) is 14.9 Å². The van der Waals surface area contributed by atoms with Gasteiger partial charge in [0, 0.05) is 48.4 Å². The molecule has 0 saturated carbocycles. The summed E-state index contributed by atoms with van der Waals surface area (Å²) in [6, 6.07) is 24.4. The predicted octanol–water partition coefficient (Wildman–Crippen LogP) is 5.93. The van der Waals surface area contributed by atoms with Crippen LogP contribution in [-0.4, -0.2) is 26.6 Å². The number of pyridine rings is 1. The van der Waals surface area contributed by atoms with Gasteiger partial charge in [-0.15, -0.1) is 0 Å². The maximum atomic E-state index is 13.5. The molecule has 0 unspecified atom stereocenters. The molecule has 5 aromatic rings. The molecule has 2 aromatic heterocycles. The predicted molar refractivity (Wildman–Crippen MR) is 147 cm³/mol. The first-order valence-corrected chi connectivity index (χ1v) is 12.3. The number of fused-ring (bicyclic) bond motifs is 1. The van der Waals surface area contributed by atoms with E-state index in [9.17, 15) is 19.7 Å². The van der Waals surface area contributed by atoms with Gasteiger partial charge >= 0.3 is 5.97 Å². The van der Waals surface area contributed by atoms with Gasteiger partial charge in [0.2, 0.25) is 0 Å². The van der Waals surface area contributed by atoms with Crippen LogP contribution in [0, 0.1) is 10.1 Å². The molecule has 0 spiro atoms. The molecule has 0 aliphatic heterocycles. The fraction of sp³-hybridized carbons (Fsp3) is 0.133. The van der Waals surface area contributed by atoms with E-state index in [1.807, 2.05) is 48.5 Å². The lowest BCUT2D eigenvalue weighted by Gasteiger charge is -2.14. The van der Waals surface area contributed by atoms with E-state index in [1.165, 1.54) is 22.8 Å². The van der Waals surface area contributed by atoms with Gasteiger partial charge in [0.05, 0.1) is 11.5 Å². The van der Waals surface area contributed by atoms with Crippen LogP contribution in [0.5, 0.6) is 11.5 Å². The summed E-state index contributed by atoms with van der Waals surface area (Å²) in [5, 5.41) is 12.2. The molecule has 0 N–H and O–H groups in total. The quantitative estimate of drug-likeness (QED) is 0.142. The van der Waals surface area contributed by atoms with Gasteiger partial charge in [-0.2, -0.15) is 0 Å². The van der Waals surface area contributed by atoms with Gasteiger partial charge in [-0.25, -0.2) is 4.79 Å². The van der Waals surface area contributed by atoms with Crippen molar-refractivity contribution in [1.29, 1.82) is 0 Å². The highest BCUT2D eigenvalue weighted by molar-refractivity contribution is 6.02. The third kappa shape index (κ3) is 5.02. The average molecular weight is 524 g/mol. The summed E-state index contributed by atoms with van der Waals surface area (Å²) in [6.45, 7) is 2.12. The van der Waals surface area contributed by atoms with Crippen molar-refractivity contribution in [3.8, 4) is 22.6 Å². The highest BCUT2D eigenvalue weighted by Gasteiger charge is 2.25. The van der Waals surface area contributed by atoms with Crippen LogP contribution in [-0.2, 0) is 18.3 Å². The van der Waals surface area contributed by atoms with Crippen molar-refractivity contribution in [3.63, 3.8) is 0 Å². The van der Waals surface area contributed by atoms with Crippen LogP contribution in [0.2, 0.25) is 0 Å². The smallest absolute Gasteiger partial charge is 0.354 e. The van der Waals surface area contributed by atoms with Crippen LogP contribution in [0.25, 0.3) is 22.0 Å². The Morgan fingerprint density at radius 1 is 0.949 bits per heavy atom. The summed E-state index contributed by atoms with van der Waals surface area (Å²) in [5.74, 6) is 0.334. The number of esters is 1. The monoisotopic (exact) mass is 523 g/mol. The van der Waals surface area contributed by atoms with E-state index in [0.29, 0.717) is 28.0 Å². The molecule has 39 heavy (non-hydrogen) atoms. The van der Waals surface area contributed by atoms with Crippen LogP contribution in [0.4, 0.5) is 5.69 Å². The first-order valence-electron chi connectivity index (χ1n) is 12.3. The normalized spacial score (nSPS) is 10.9. The average Bonchev–Trinajstić information content (AvgIpc) is 3.31. The van der Waals surface area contributed by atoms with Crippen LogP contribution >= 0.6 is 0 Å². The molecule has 2 heterocycles. The minimum Gasteiger partial charge on any atom is -0.461 e. The number of nitro groups is 1. The van der Waals surface area contributed by atoms with Gasteiger partial charge in [-0.1, -0.05) is 48.5 Å². The molecule has 0 saturated heterocycles. The number of non-ortho nitro benzene ring substituents is 1. The van der Waals surface area contributed by atoms with E-state index in [1.54, 1.807) is 42.9 Å². The standard InChI is InChI=1S/C30H25N3O6/c1-3-38-30(35)26-17-24-25(19-31(2)29(34)28(24)32(26)18-20-10-6-4-7-11-20)23-16-21(33(36)37)14-15-27(23)39-22-12-8-5-9-13-22/h4-17,19H,3,18H2,1-2H3. The van der Waals surface area contributed by atoms with E-state index < -0.39 is 10.9 Å². The molecule has 9 heteroatoms. The van der Waals surface area contributed by atoms with E-state index in [0.717, 1.165) is 5.56 Å². The molecule has 3 aromatic carbocycles. The highest BCUT2D eigenvalue weighted by Crippen LogP contribution is 2.39. The summed E-state index contributed by atoms with van der Waals surface area (Å²) in [6.07, 6.45) is 1.60. The Morgan fingerprint density at radius 3 is 2.31 bits per heavy atom. The lowest BCUT2D eigenvalue weighted by Crippen LogP contribution is -2.21. The molecule has 0 amide bonds. The zero-order valence-electron chi connectivity index (χ0n) is 21.4. The fourth-order valence-corrected chi connectivity index (χ4v) is 4.54. The Balaban J connectivity index is 1.80. The summed E-state index contributed by atoms with van der Waals surface area (Å²) in [7, 11) is 1.60. The lowest BCUT2D eigenvalue weighted by atomic mass is 10.0. The first kappa shape index (κ1) is 25.5. The summed E-state index contributed by atoms with van der Waals surface area (Å²) in [4.78, 5) is 37.8. The SMILES string of the molecule is CCOC(=O)c1cc2c(-c3cc([N+](=O)[O-])ccc3Oc3ccccc3)cn(C)c(=O)c2n1Cc1ccccc1. The van der Waals surface area contributed by atoms with E-state index >= 15 is 0 Å². The van der Waals surface area contributed by atoms with Crippen LogP contribution < -0.4 is 10.3 Å². The van der Waals surface area contributed by atoms with E-state index in [2.05, 4.69) is 0 Å². The van der Waals surface area contributed by atoms with Gasteiger partial charge in [0.25, 0.3) is 11.2 Å². The topological polar surface area (TPSA) is 106 Å². The van der Waals surface area contributed by atoms with Gasteiger partial charge < -0.3 is 18.6 Å². The fourth-order valence-electron chi connectivity index (χ4n) is 4.54. The van der Waals surface area contributed by atoms with Crippen molar-refractivity contribution < 1.29 is 19.2 Å². The third-order valence-corrected chi connectivity index (χ3v) is 6.34. The molecule has 5 rings (SSSR count). The third-order valence-electron chi connectivity index (χ3n) is 6.34. The van der Waals surface area contributed by atoms with Crippen LogP contribution in [0.3, 0.4) is 0 Å². The van der Waals surface area contributed by atoms with E-state index in [4.69, 9.17) is 9.47 Å². The number of carbonyl (C=O) groups excluding carboxylic acids is 1. The van der Waals surface area contributed by atoms with Crippen molar-refractivity contribution in [1.82, 2.24) is 9.13 Å². The van der Waals surface area contributed by atoms with Gasteiger partial charge in [0.15, 0.2) is 0 Å². The number of carbonyl (C=O) groups is 1. The number of para-hydroxylation sites is 1. The molecule has 0 aliphatic rings.